The lowest BCUT2D eigenvalue weighted by atomic mass is 9.91. The van der Waals surface area contributed by atoms with E-state index in [1.807, 2.05) is 0 Å². The summed E-state index contributed by atoms with van der Waals surface area (Å²) in [6.07, 6.45) is -5.01. The third kappa shape index (κ3) is 5.66. The number of rotatable bonds is 5. The van der Waals surface area contributed by atoms with Crippen molar-refractivity contribution in [2.24, 2.45) is 0 Å². The minimum atomic E-state index is -1.13. The SMILES string of the molecule is CC(=O)O[C@@H]1[C@H]2[C@@H](OC(C)=O)[C@H](OC(C)=O)[C@@H](OC(C)=O)CN2C[C@H]1OC(C)=O. The molecule has 162 valence electrons. The third-order valence-electron chi connectivity index (χ3n) is 4.52. The van der Waals surface area contributed by atoms with Gasteiger partial charge in [0.15, 0.2) is 30.5 Å². The van der Waals surface area contributed by atoms with Gasteiger partial charge in [-0.1, -0.05) is 0 Å². The highest BCUT2D eigenvalue weighted by atomic mass is 16.6. The summed E-state index contributed by atoms with van der Waals surface area (Å²) in [5, 5.41) is 0. The van der Waals surface area contributed by atoms with Gasteiger partial charge >= 0.3 is 29.8 Å². The molecule has 11 heteroatoms. The molecule has 0 aliphatic carbocycles. The van der Waals surface area contributed by atoms with Gasteiger partial charge in [-0.2, -0.15) is 0 Å². The molecule has 0 aromatic carbocycles. The van der Waals surface area contributed by atoms with Crippen LogP contribution < -0.4 is 0 Å². The second-order valence-electron chi connectivity index (χ2n) is 6.96. The van der Waals surface area contributed by atoms with E-state index in [0.717, 1.165) is 0 Å². The van der Waals surface area contributed by atoms with Crippen LogP contribution in [0.25, 0.3) is 0 Å². The van der Waals surface area contributed by atoms with Crippen LogP contribution in [0.1, 0.15) is 34.6 Å². The number of hydrogen-bond acceptors (Lipinski definition) is 11. The standard InChI is InChI=1S/C18H25NO10/c1-8(20)25-13-6-19-7-14(26-9(2)21)17(28-11(4)23)18(29-12(5)24)15(19)16(13)27-10(3)22/h13-18H,6-7H2,1-5H3/t13-,14+,15+,16+,17-,18-/m1/s1. The number of piperidine rings is 1. The number of ether oxygens (including phenoxy) is 5. The van der Waals surface area contributed by atoms with Crippen LogP contribution in [0.15, 0.2) is 0 Å². The first-order valence-corrected chi connectivity index (χ1v) is 9.09. The molecule has 6 atom stereocenters. The number of nitrogens with zero attached hydrogens (tertiary/aromatic N) is 1. The summed E-state index contributed by atoms with van der Waals surface area (Å²) in [6, 6.07) is -0.775. The quantitative estimate of drug-likeness (QED) is 0.418. The van der Waals surface area contributed by atoms with E-state index < -0.39 is 66.4 Å². The van der Waals surface area contributed by atoms with Crippen molar-refractivity contribution in [3.05, 3.63) is 0 Å². The van der Waals surface area contributed by atoms with Crippen molar-refractivity contribution in [3.8, 4) is 0 Å². The zero-order chi connectivity index (χ0) is 21.9. The molecule has 0 radical (unpaired) electrons. The smallest absolute Gasteiger partial charge is 0.303 e. The minimum Gasteiger partial charge on any atom is -0.457 e. The highest BCUT2D eigenvalue weighted by Gasteiger charge is 2.59. The number of carbonyl (C=O) groups is 5. The summed E-state index contributed by atoms with van der Waals surface area (Å²) in [5.74, 6) is -3.16. The zero-order valence-electron chi connectivity index (χ0n) is 16.9. The highest BCUT2D eigenvalue weighted by Crippen LogP contribution is 2.36. The first kappa shape index (κ1) is 22.6. The average molecular weight is 415 g/mol. The van der Waals surface area contributed by atoms with E-state index in [4.69, 9.17) is 23.7 Å². The molecular weight excluding hydrogens is 390 g/mol. The maximum absolute atomic E-state index is 11.8. The van der Waals surface area contributed by atoms with Crippen molar-refractivity contribution < 1.29 is 47.7 Å². The third-order valence-corrected chi connectivity index (χ3v) is 4.52. The predicted molar refractivity (Wildman–Crippen MR) is 93.1 cm³/mol. The van der Waals surface area contributed by atoms with Gasteiger partial charge in [-0.05, 0) is 0 Å². The Morgan fingerprint density at radius 1 is 0.552 bits per heavy atom. The van der Waals surface area contributed by atoms with Crippen molar-refractivity contribution in [2.45, 2.75) is 71.2 Å². The Hall–Kier alpha value is -2.69. The summed E-state index contributed by atoms with van der Waals surface area (Å²) in [5.41, 5.74) is 0. The monoisotopic (exact) mass is 415 g/mol. The van der Waals surface area contributed by atoms with E-state index in [2.05, 4.69) is 0 Å². The topological polar surface area (TPSA) is 135 Å². The molecule has 2 heterocycles. The lowest BCUT2D eigenvalue weighted by molar-refractivity contribution is -0.207. The van der Waals surface area contributed by atoms with Gasteiger partial charge in [0.05, 0.1) is 6.04 Å². The predicted octanol–water partition coefficient (Wildman–Crippen LogP) is -0.657. The van der Waals surface area contributed by atoms with E-state index >= 15 is 0 Å². The van der Waals surface area contributed by atoms with Gasteiger partial charge in [0, 0.05) is 47.7 Å². The van der Waals surface area contributed by atoms with E-state index in [9.17, 15) is 24.0 Å². The van der Waals surface area contributed by atoms with Crippen molar-refractivity contribution in [2.75, 3.05) is 13.1 Å². The Bertz CT molecular complexity index is 692. The normalized spacial score (nSPS) is 31.2. The summed E-state index contributed by atoms with van der Waals surface area (Å²) >= 11 is 0. The van der Waals surface area contributed by atoms with Gasteiger partial charge in [-0.25, -0.2) is 0 Å². The van der Waals surface area contributed by atoms with E-state index in [1.165, 1.54) is 34.6 Å². The molecule has 29 heavy (non-hydrogen) atoms. The second kappa shape index (κ2) is 9.21. The molecule has 2 aliphatic rings. The summed E-state index contributed by atoms with van der Waals surface area (Å²) in [4.78, 5) is 59.9. The number of esters is 5. The van der Waals surface area contributed by atoms with Crippen LogP contribution in [-0.2, 0) is 47.7 Å². The van der Waals surface area contributed by atoms with E-state index in [-0.39, 0.29) is 13.1 Å². The molecule has 2 fully saturated rings. The van der Waals surface area contributed by atoms with Crippen LogP contribution in [0.5, 0.6) is 0 Å². The molecule has 2 aliphatic heterocycles. The van der Waals surface area contributed by atoms with Gasteiger partial charge in [0.2, 0.25) is 0 Å². The fourth-order valence-corrected chi connectivity index (χ4v) is 3.85. The van der Waals surface area contributed by atoms with Crippen molar-refractivity contribution >= 4 is 29.8 Å². The van der Waals surface area contributed by atoms with Gasteiger partial charge in [-0.3, -0.25) is 28.9 Å². The van der Waals surface area contributed by atoms with E-state index in [0.29, 0.717) is 0 Å². The number of fused-ring (bicyclic) bond motifs is 1. The minimum absolute atomic E-state index is 0.0927. The van der Waals surface area contributed by atoms with Gasteiger partial charge in [0.1, 0.15) is 0 Å². The number of hydrogen-bond donors (Lipinski definition) is 0. The second-order valence-corrected chi connectivity index (χ2v) is 6.96. The Labute approximate surface area is 167 Å². The Kier molecular flexibility index (Phi) is 7.17. The Balaban J connectivity index is 2.46. The van der Waals surface area contributed by atoms with Crippen LogP contribution in [0.3, 0.4) is 0 Å². The van der Waals surface area contributed by atoms with Gasteiger partial charge in [0.25, 0.3) is 0 Å². The first-order chi connectivity index (χ1) is 13.5. The molecule has 0 aromatic rings. The van der Waals surface area contributed by atoms with Crippen LogP contribution in [0, 0.1) is 0 Å². The Morgan fingerprint density at radius 2 is 0.897 bits per heavy atom. The summed E-state index contributed by atoms with van der Waals surface area (Å²) in [6.45, 7) is 6.19. The molecule has 0 saturated carbocycles. The van der Waals surface area contributed by atoms with Crippen molar-refractivity contribution in [1.29, 1.82) is 0 Å². The molecule has 2 saturated heterocycles. The molecule has 0 N–H and O–H groups in total. The number of carbonyl (C=O) groups excluding carboxylic acids is 5. The maximum Gasteiger partial charge on any atom is 0.303 e. The largest absolute Gasteiger partial charge is 0.457 e. The Morgan fingerprint density at radius 3 is 1.31 bits per heavy atom. The van der Waals surface area contributed by atoms with Crippen LogP contribution in [0.2, 0.25) is 0 Å². The molecule has 0 unspecified atom stereocenters. The fourth-order valence-electron chi connectivity index (χ4n) is 3.85. The van der Waals surface area contributed by atoms with Gasteiger partial charge in [-0.15, -0.1) is 0 Å². The molecule has 0 bridgehead atoms. The summed E-state index contributed by atoms with van der Waals surface area (Å²) in [7, 11) is 0. The summed E-state index contributed by atoms with van der Waals surface area (Å²) < 4.78 is 26.7. The fraction of sp³-hybridized carbons (Fsp3) is 0.722. The molecular formula is C18H25NO10. The highest BCUT2D eigenvalue weighted by molar-refractivity contribution is 5.69. The van der Waals surface area contributed by atoms with Crippen LogP contribution >= 0.6 is 0 Å². The molecule has 0 spiro atoms. The van der Waals surface area contributed by atoms with Gasteiger partial charge < -0.3 is 23.7 Å². The van der Waals surface area contributed by atoms with Crippen LogP contribution in [0.4, 0.5) is 0 Å². The lowest BCUT2D eigenvalue weighted by Gasteiger charge is -2.44. The average Bonchev–Trinajstić information content (AvgIpc) is 2.85. The molecule has 0 aromatic heterocycles. The van der Waals surface area contributed by atoms with Crippen molar-refractivity contribution in [1.82, 2.24) is 4.90 Å². The first-order valence-electron chi connectivity index (χ1n) is 9.09. The molecule has 0 amide bonds. The molecule has 11 nitrogen and oxygen atoms in total. The lowest BCUT2D eigenvalue weighted by Crippen LogP contribution is -2.64. The van der Waals surface area contributed by atoms with Crippen LogP contribution in [-0.4, -0.2) is 84.4 Å². The van der Waals surface area contributed by atoms with Crippen molar-refractivity contribution in [3.63, 3.8) is 0 Å². The zero-order valence-corrected chi connectivity index (χ0v) is 16.9. The maximum atomic E-state index is 11.8. The molecule has 2 rings (SSSR count). The van der Waals surface area contributed by atoms with E-state index in [1.54, 1.807) is 4.90 Å².